The topological polar surface area (TPSA) is 27.0 Å². The number of nitrogens with zero attached hydrogens (tertiary/aromatic N) is 2. The van der Waals surface area contributed by atoms with E-state index in [9.17, 15) is 5.26 Å². The van der Waals surface area contributed by atoms with E-state index in [4.69, 9.17) is 0 Å². The molecule has 0 radical (unpaired) electrons. The van der Waals surface area contributed by atoms with E-state index in [1.165, 1.54) is 5.56 Å². The number of nitriles is 1. The standard InChI is InChI=1S/C18H20N2/c1-20(15-16-8-4-2-5-9-16)13-12-18(14-19)17-10-6-3-7-11-17/h2-11,18H,12-13,15H2,1H3/t18-/m0/s1. The number of hydrogen-bond donors (Lipinski definition) is 0. The van der Waals surface area contributed by atoms with Crippen molar-refractivity contribution in [2.75, 3.05) is 13.6 Å². The molecule has 0 aliphatic carbocycles. The van der Waals surface area contributed by atoms with Gasteiger partial charge >= 0.3 is 0 Å². The van der Waals surface area contributed by atoms with Gasteiger partial charge in [-0.25, -0.2) is 0 Å². The van der Waals surface area contributed by atoms with Crippen LogP contribution in [-0.2, 0) is 6.54 Å². The molecule has 0 amide bonds. The first kappa shape index (κ1) is 14.3. The third-order valence-electron chi connectivity index (χ3n) is 3.45. The van der Waals surface area contributed by atoms with Gasteiger partial charge < -0.3 is 4.90 Å². The highest BCUT2D eigenvalue weighted by atomic mass is 15.1. The van der Waals surface area contributed by atoms with Gasteiger partial charge in [0.15, 0.2) is 0 Å². The van der Waals surface area contributed by atoms with Crippen molar-refractivity contribution in [2.45, 2.75) is 18.9 Å². The highest BCUT2D eigenvalue weighted by molar-refractivity contribution is 5.24. The maximum Gasteiger partial charge on any atom is 0.0724 e. The summed E-state index contributed by atoms with van der Waals surface area (Å²) in [5.41, 5.74) is 2.42. The molecule has 0 saturated heterocycles. The summed E-state index contributed by atoms with van der Waals surface area (Å²) in [6.07, 6.45) is 0.865. The van der Waals surface area contributed by atoms with Crippen LogP contribution >= 0.6 is 0 Å². The Morgan fingerprint density at radius 1 is 1.00 bits per heavy atom. The second-order valence-electron chi connectivity index (χ2n) is 5.10. The van der Waals surface area contributed by atoms with Crippen LogP contribution in [0.5, 0.6) is 0 Å². The highest BCUT2D eigenvalue weighted by Crippen LogP contribution is 2.19. The molecule has 0 fully saturated rings. The summed E-state index contributed by atoms with van der Waals surface area (Å²) >= 11 is 0. The first-order valence-corrected chi connectivity index (χ1v) is 6.96. The fourth-order valence-electron chi connectivity index (χ4n) is 2.31. The molecule has 0 saturated carbocycles. The van der Waals surface area contributed by atoms with Crippen molar-refractivity contribution in [1.82, 2.24) is 4.90 Å². The van der Waals surface area contributed by atoms with Gasteiger partial charge in [-0.1, -0.05) is 60.7 Å². The Hall–Kier alpha value is -2.11. The molecule has 0 bridgehead atoms. The Morgan fingerprint density at radius 3 is 2.20 bits per heavy atom. The van der Waals surface area contributed by atoms with Crippen molar-refractivity contribution < 1.29 is 0 Å². The lowest BCUT2D eigenvalue weighted by Gasteiger charge is -2.18. The van der Waals surface area contributed by atoms with Crippen LogP contribution in [0.25, 0.3) is 0 Å². The molecular formula is C18H20N2. The number of benzene rings is 2. The van der Waals surface area contributed by atoms with Gasteiger partial charge in [-0.3, -0.25) is 0 Å². The summed E-state index contributed by atoms with van der Waals surface area (Å²) in [5.74, 6) is -0.0191. The Balaban J connectivity index is 1.86. The molecule has 2 rings (SSSR count). The first-order chi connectivity index (χ1) is 9.79. The molecule has 2 aromatic carbocycles. The number of hydrogen-bond acceptors (Lipinski definition) is 2. The Kier molecular flexibility index (Phi) is 5.34. The van der Waals surface area contributed by atoms with E-state index in [0.29, 0.717) is 0 Å². The zero-order valence-corrected chi connectivity index (χ0v) is 11.9. The van der Waals surface area contributed by atoms with Gasteiger partial charge in [-0.2, -0.15) is 5.26 Å². The normalized spacial score (nSPS) is 12.1. The zero-order valence-electron chi connectivity index (χ0n) is 11.9. The van der Waals surface area contributed by atoms with Gasteiger partial charge in [0.1, 0.15) is 0 Å². The summed E-state index contributed by atoms with van der Waals surface area (Å²) in [7, 11) is 2.10. The van der Waals surface area contributed by atoms with Crippen molar-refractivity contribution >= 4 is 0 Å². The summed E-state index contributed by atoms with van der Waals surface area (Å²) < 4.78 is 0. The first-order valence-electron chi connectivity index (χ1n) is 6.96. The molecule has 0 aliphatic heterocycles. The fourth-order valence-corrected chi connectivity index (χ4v) is 2.31. The highest BCUT2D eigenvalue weighted by Gasteiger charge is 2.11. The summed E-state index contributed by atoms with van der Waals surface area (Å²) in [6, 6.07) is 22.9. The van der Waals surface area contributed by atoms with Crippen LogP contribution in [0.4, 0.5) is 0 Å². The Bertz CT molecular complexity index is 543. The van der Waals surface area contributed by atoms with E-state index >= 15 is 0 Å². The lowest BCUT2D eigenvalue weighted by molar-refractivity contribution is 0.318. The molecule has 2 nitrogen and oxygen atoms in total. The second kappa shape index (κ2) is 7.47. The van der Waals surface area contributed by atoms with Crippen molar-refractivity contribution in [3.63, 3.8) is 0 Å². The lowest BCUT2D eigenvalue weighted by atomic mass is 9.97. The molecule has 0 heterocycles. The van der Waals surface area contributed by atoms with Crippen LogP contribution in [0.1, 0.15) is 23.5 Å². The SMILES string of the molecule is CN(CC[C@@H](C#N)c1ccccc1)Cc1ccccc1. The van der Waals surface area contributed by atoms with Crippen LogP contribution in [0.2, 0.25) is 0 Å². The van der Waals surface area contributed by atoms with Crippen molar-refractivity contribution in [3.05, 3.63) is 71.8 Å². The van der Waals surface area contributed by atoms with E-state index in [1.54, 1.807) is 0 Å². The van der Waals surface area contributed by atoms with Gasteiger partial charge in [0.25, 0.3) is 0 Å². The molecule has 0 N–H and O–H groups in total. The molecule has 0 spiro atoms. The molecule has 20 heavy (non-hydrogen) atoms. The summed E-state index contributed by atoms with van der Waals surface area (Å²) in [6.45, 7) is 1.84. The molecule has 2 aromatic rings. The molecular weight excluding hydrogens is 244 g/mol. The van der Waals surface area contributed by atoms with Crippen LogP contribution in [0.3, 0.4) is 0 Å². The Morgan fingerprint density at radius 2 is 1.60 bits per heavy atom. The third kappa shape index (κ3) is 4.22. The van der Waals surface area contributed by atoms with Crippen LogP contribution in [-0.4, -0.2) is 18.5 Å². The molecule has 102 valence electrons. The van der Waals surface area contributed by atoms with E-state index in [1.807, 2.05) is 36.4 Å². The monoisotopic (exact) mass is 264 g/mol. The molecule has 0 unspecified atom stereocenters. The van der Waals surface area contributed by atoms with Gasteiger partial charge in [0, 0.05) is 6.54 Å². The third-order valence-corrected chi connectivity index (χ3v) is 3.45. The largest absolute Gasteiger partial charge is 0.302 e. The molecule has 2 heteroatoms. The van der Waals surface area contributed by atoms with Crippen molar-refractivity contribution in [1.29, 1.82) is 5.26 Å². The van der Waals surface area contributed by atoms with E-state index in [2.05, 4.69) is 42.3 Å². The molecule has 0 aliphatic rings. The molecule has 0 aromatic heterocycles. The minimum absolute atomic E-state index is 0.0191. The zero-order chi connectivity index (χ0) is 14.2. The second-order valence-corrected chi connectivity index (χ2v) is 5.10. The van der Waals surface area contributed by atoms with Gasteiger partial charge in [-0.05, 0) is 31.1 Å². The van der Waals surface area contributed by atoms with E-state index < -0.39 is 0 Å². The maximum atomic E-state index is 9.31. The van der Waals surface area contributed by atoms with Gasteiger partial charge in [0.2, 0.25) is 0 Å². The summed E-state index contributed by atoms with van der Waals surface area (Å²) in [5, 5.41) is 9.31. The van der Waals surface area contributed by atoms with Crippen LogP contribution < -0.4 is 0 Å². The predicted molar refractivity (Wildman–Crippen MR) is 82.2 cm³/mol. The maximum absolute atomic E-state index is 9.31. The average Bonchev–Trinajstić information content (AvgIpc) is 2.50. The summed E-state index contributed by atoms with van der Waals surface area (Å²) in [4.78, 5) is 2.27. The number of rotatable bonds is 6. The van der Waals surface area contributed by atoms with Crippen LogP contribution in [0, 0.1) is 11.3 Å². The van der Waals surface area contributed by atoms with Crippen LogP contribution in [0.15, 0.2) is 60.7 Å². The van der Waals surface area contributed by atoms with Gasteiger partial charge in [0.05, 0.1) is 12.0 Å². The average molecular weight is 264 g/mol. The smallest absolute Gasteiger partial charge is 0.0724 e. The quantitative estimate of drug-likeness (QED) is 0.793. The van der Waals surface area contributed by atoms with E-state index in [-0.39, 0.29) is 5.92 Å². The van der Waals surface area contributed by atoms with E-state index in [0.717, 1.165) is 25.1 Å². The van der Waals surface area contributed by atoms with Crippen molar-refractivity contribution in [2.24, 2.45) is 0 Å². The minimum Gasteiger partial charge on any atom is -0.302 e. The van der Waals surface area contributed by atoms with Crippen molar-refractivity contribution in [3.8, 4) is 6.07 Å². The molecule has 1 atom stereocenters. The fraction of sp³-hybridized carbons (Fsp3) is 0.278. The lowest BCUT2D eigenvalue weighted by Crippen LogP contribution is -2.20. The van der Waals surface area contributed by atoms with Gasteiger partial charge in [-0.15, -0.1) is 0 Å². The predicted octanol–water partition coefficient (Wildman–Crippen LogP) is 3.82. The Labute approximate surface area is 121 Å². The minimum atomic E-state index is -0.0191.